The molecule has 1 radical (unpaired) electrons. The highest BCUT2D eigenvalue weighted by atomic mass is 16.3. The van der Waals surface area contributed by atoms with Crippen molar-refractivity contribution in [2.45, 2.75) is 0 Å². The van der Waals surface area contributed by atoms with Gasteiger partial charge in [0, 0.05) is 0 Å². The van der Waals surface area contributed by atoms with E-state index in [4.69, 9.17) is 4.42 Å². The van der Waals surface area contributed by atoms with Crippen molar-refractivity contribution in [2.75, 3.05) is 0 Å². The average Bonchev–Trinajstić information content (AvgIpc) is 2.19. The van der Waals surface area contributed by atoms with Crippen molar-refractivity contribution in [1.82, 2.24) is 0 Å². The van der Waals surface area contributed by atoms with Crippen molar-refractivity contribution in [3.8, 4) is 0 Å². The maximum Gasteiger partial charge on any atom is 0.146 e. The van der Waals surface area contributed by atoms with Crippen LogP contribution in [-0.4, -0.2) is 5.94 Å². The largest absolute Gasteiger partial charge is 0.464 e. The lowest BCUT2D eigenvalue weighted by molar-refractivity contribution is 0.541. The van der Waals surface area contributed by atoms with Crippen LogP contribution in [0, 0.1) is 6.08 Å². The monoisotopic (exact) mass is 107 g/mol. The van der Waals surface area contributed by atoms with Crippen molar-refractivity contribution in [3.05, 3.63) is 30.2 Å². The van der Waals surface area contributed by atoms with Crippen LogP contribution in [0.1, 0.15) is 5.76 Å². The van der Waals surface area contributed by atoms with E-state index in [1.54, 1.807) is 12.1 Å². The first-order chi connectivity index (χ1) is 3.93. The molecule has 0 N–H and O–H groups in total. The van der Waals surface area contributed by atoms with Crippen LogP contribution in [0.15, 0.2) is 22.8 Å². The van der Waals surface area contributed by atoms with E-state index in [-0.39, 0.29) is 0 Å². The second-order valence-corrected chi connectivity index (χ2v) is 1.20. The summed E-state index contributed by atoms with van der Waals surface area (Å²) in [5.74, 6) is 1.89. The first-order valence-corrected chi connectivity index (χ1v) is 2.10. The van der Waals surface area contributed by atoms with Crippen molar-refractivity contribution < 1.29 is 9.21 Å². The van der Waals surface area contributed by atoms with Gasteiger partial charge < -0.3 is 4.42 Å². The quantitative estimate of drug-likeness (QED) is 0.497. The predicted octanol–water partition coefficient (Wildman–Crippen LogP) is 0.819. The minimum atomic E-state index is 0.417. The fourth-order valence-corrected chi connectivity index (χ4v) is 0.400. The minimum absolute atomic E-state index is 0.417. The summed E-state index contributed by atoms with van der Waals surface area (Å²) < 4.78 is 4.70. The van der Waals surface area contributed by atoms with Crippen LogP contribution in [0.5, 0.6) is 0 Å². The molecule has 0 saturated heterocycles. The molecule has 1 aromatic rings. The lowest BCUT2D eigenvalue weighted by Gasteiger charge is -1.70. The number of carbonyl (C=O) groups excluding carboxylic acids is 1. The standard InChI is InChI=1S/C6H3O2/c7-4-3-6-2-1-5-8-6/h1-2,5H. The molecule has 39 valence electrons. The highest BCUT2D eigenvalue weighted by molar-refractivity contribution is 5.45. The Morgan fingerprint density at radius 2 is 2.50 bits per heavy atom. The van der Waals surface area contributed by atoms with Crippen LogP contribution in [0.4, 0.5) is 0 Å². The van der Waals surface area contributed by atoms with Crippen molar-refractivity contribution in [3.63, 3.8) is 0 Å². The molecule has 2 heteroatoms. The van der Waals surface area contributed by atoms with Crippen LogP contribution in [0.25, 0.3) is 0 Å². The van der Waals surface area contributed by atoms with Crippen LogP contribution in [0.3, 0.4) is 0 Å². The summed E-state index contributed by atoms with van der Waals surface area (Å²) in [6.07, 6.45) is 3.69. The highest BCUT2D eigenvalue weighted by Gasteiger charge is 1.84. The fraction of sp³-hybridized carbons (Fsp3) is 0. The second kappa shape index (κ2) is 2.15. The zero-order valence-electron chi connectivity index (χ0n) is 4.05. The summed E-state index contributed by atoms with van der Waals surface area (Å²) in [4.78, 5) is 9.58. The van der Waals surface area contributed by atoms with Gasteiger partial charge in [0.05, 0.1) is 6.26 Å². The highest BCUT2D eigenvalue weighted by Crippen LogP contribution is 1.96. The van der Waals surface area contributed by atoms with Gasteiger partial charge in [-0.3, -0.25) is 0 Å². The Bertz CT molecular complexity index is 192. The Hall–Kier alpha value is -1.27. The van der Waals surface area contributed by atoms with Gasteiger partial charge in [0.1, 0.15) is 17.8 Å². The molecule has 0 amide bonds. The summed E-state index contributed by atoms with van der Waals surface area (Å²) >= 11 is 0. The topological polar surface area (TPSA) is 30.2 Å². The Labute approximate surface area is 46.4 Å². The molecule has 0 aliphatic carbocycles. The maximum absolute atomic E-state index is 9.58. The predicted molar refractivity (Wildman–Crippen MR) is 26.7 cm³/mol. The van der Waals surface area contributed by atoms with Gasteiger partial charge in [-0.15, -0.1) is 0 Å². The molecule has 1 aromatic heterocycles. The molecule has 2 nitrogen and oxygen atoms in total. The van der Waals surface area contributed by atoms with Gasteiger partial charge in [-0.05, 0) is 12.1 Å². The van der Waals surface area contributed by atoms with E-state index in [1.165, 1.54) is 12.2 Å². The van der Waals surface area contributed by atoms with Crippen molar-refractivity contribution >= 4 is 5.94 Å². The number of furan rings is 1. The van der Waals surface area contributed by atoms with Gasteiger partial charge in [0.2, 0.25) is 0 Å². The molecule has 8 heavy (non-hydrogen) atoms. The van der Waals surface area contributed by atoms with E-state index < -0.39 is 0 Å². The third kappa shape index (κ3) is 0.863. The summed E-state index contributed by atoms with van der Waals surface area (Å²) in [6.45, 7) is 0. The molecule has 0 atom stereocenters. The van der Waals surface area contributed by atoms with E-state index in [1.807, 2.05) is 0 Å². The van der Waals surface area contributed by atoms with E-state index in [9.17, 15) is 4.79 Å². The van der Waals surface area contributed by atoms with Gasteiger partial charge in [0.15, 0.2) is 0 Å². The van der Waals surface area contributed by atoms with Gasteiger partial charge in [0.25, 0.3) is 0 Å². The van der Waals surface area contributed by atoms with Gasteiger partial charge in [-0.25, -0.2) is 4.79 Å². The number of rotatable bonds is 1. The molecule has 0 aliphatic heterocycles. The summed E-state index contributed by atoms with van der Waals surface area (Å²) in [5, 5.41) is 0. The van der Waals surface area contributed by atoms with Crippen molar-refractivity contribution in [2.24, 2.45) is 0 Å². The zero-order valence-corrected chi connectivity index (χ0v) is 4.05. The lowest BCUT2D eigenvalue weighted by atomic mass is 10.4. The molecule has 0 fully saturated rings. The minimum Gasteiger partial charge on any atom is -0.464 e. The van der Waals surface area contributed by atoms with Gasteiger partial charge in [-0.2, -0.15) is 0 Å². The van der Waals surface area contributed by atoms with Crippen LogP contribution in [0.2, 0.25) is 0 Å². The molecular weight excluding hydrogens is 104 g/mol. The van der Waals surface area contributed by atoms with Crippen LogP contribution >= 0.6 is 0 Å². The van der Waals surface area contributed by atoms with E-state index in [2.05, 4.69) is 6.08 Å². The molecule has 0 spiro atoms. The van der Waals surface area contributed by atoms with E-state index in [0.717, 1.165) is 0 Å². The van der Waals surface area contributed by atoms with E-state index in [0.29, 0.717) is 5.76 Å². The summed E-state index contributed by atoms with van der Waals surface area (Å²) in [6, 6.07) is 3.31. The van der Waals surface area contributed by atoms with Crippen LogP contribution < -0.4 is 0 Å². The molecule has 0 bridgehead atoms. The first-order valence-electron chi connectivity index (χ1n) is 2.10. The summed E-state index contributed by atoms with van der Waals surface area (Å²) in [7, 11) is 0. The third-order valence-corrected chi connectivity index (χ3v) is 0.695. The first kappa shape index (κ1) is 4.88. The fourth-order valence-electron chi connectivity index (χ4n) is 0.400. The molecule has 1 rings (SSSR count). The third-order valence-electron chi connectivity index (χ3n) is 0.695. The van der Waals surface area contributed by atoms with E-state index >= 15 is 0 Å². The summed E-state index contributed by atoms with van der Waals surface area (Å²) in [5.41, 5.74) is 0. The maximum atomic E-state index is 9.58. The van der Waals surface area contributed by atoms with Gasteiger partial charge >= 0.3 is 0 Å². The molecule has 0 saturated carbocycles. The Morgan fingerprint density at radius 3 is 3.00 bits per heavy atom. The smallest absolute Gasteiger partial charge is 0.146 e. The molecule has 0 unspecified atom stereocenters. The van der Waals surface area contributed by atoms with Crippen LogP contribution in [-0.2, 0) is 4.79 Å². The Balaban J connectivity index is 2.93. The Morgan fingerprint density at radius 1 is 1.62 bits per heavy atom. The van der Waals surface area contributed by atoms with Crippen molar-refractivity contribution in [1.29, 1.82) is 0 Å². The van der Waals surface area contributed by atoms with Gasteiger partial charge in [-0.1, -0.05) is 0 Å². The molecule has 1 heterocycles. The zero-order chi connectivity index (χ0) is 5.82. The average molecular weight is 107 g/mol. The number of hydrogen-bond acceptors (Lipinski definition) is 2. The molecule has 0 aliphatic rings. The Kier molecular flexibility index (Phi) is 1.31. The number of hydrogen-bond donors (Lipinski definition) is 0. The molecule has 0 aromatic carbocycles. The molecular formula is C6H3O2. The normalized spacial score (nSPS) is 8.00. The lowest BCUT2D eigenvalue weighted by Crippen LogP contribution is -1.60. The second-order valence-electron chi connectivity index (χ2n) is 1.20. The SMILES string of the molecule is O=C=[C]c1ccco1.